The largest absolute Gasteiger partial charge is 0.366 e. The maximum Gasteiger partial charge on any atom is 0.234 e. The molecule has 0 spiro atoms. The van der Waals surface area contributed by atoms with Crippen LogP contribution in [0, 0.1) is 0 Å². The first-order valence-corrected chi connectivity index (χ1v) is 8.37. The van der Waals surface area contributed by atoms with E-state index in [1.807, 2.05) is 21.1 Å². The van der Waals surface area contributed by atoms with Gasteiger partial charge in [0.2, 0.25) is 5.52 Å². The normalized spacial score (nSPS) is 12.3. The SMILES string of the molecule is C=CCN.CCCCCCP(O)C(=O)C[N+](C)(C)C. The molecule has 0 fully saturated rings. The van der Waals surface area contributed by atoms with Crippen molar-refractivity contribution in [2.45, 2.75) is 32.6 Å². The molecular weight excluding hydrogens is 259 g/mol. The summed E-state index contributed by atoms with van der Waals surface area (Å²) >= 11 is 0. The van der Waals surface area contributed by atoms with Crippen LogP contribution in [0.15, 0.2) is 12.7 Å². The highest BCUT2D eigenvalue weighted by atomic mass is 31.1. The molecule has 0 saturated heterocycles. The maximum atomic E-state index is 11.6. The van der Waals surface area contributed by atoms with E-state index in [1.165, 1.54) is 12.8 Å². The molecule has 19 heavy (non-hydrogen) atoms. The summed E-state index contributed by atoms with van der Waals surface area (Å²) in [6.45, 7) is 6.53. The van der Waals surface area contributed by atoms with Crippen molar-refractivity contribution in [1.82, 2.24) is 0 Å². The minimum atomic E-state index is -1.38. The van der Waals surface area contributed by atoms with E-state index in [1.54, 1.807) is 6.08 Å². The number of nitrogens with two attached hydrogens (primary N) is 1. The molecule has 1 unspecified atom stereocenters. The van der Waals surface area contributed by atoms with E-state index in [0.717, 1.165) is 12.8 Å². The van der Waals surface area contributed by atoms with Gasteiger partial charge in [-0.05, 0) is 12.6 Å². The van der Waals surface area contributed by atoms with Gasteiger partial charge >= 0.3 is 0 Å². The summed E-state index contributed by atoms with van der Waals surface area (Å²) in [7, 11) is 4.53. The second-order valence-corrected chi connectivity index (χ2v) is 7.30. The zero-order chi connectivity index (χ0) is 15.3. The summed E-state index contributed by atoms with van der Waals surface area (Å²) in [5, 5.41) is 0. The van der Waals surface area contributed by atoms with Crippen molar-refractivity contribution in [3.05, 3.63) is 12.7 Å². The molecule has 0 heterocycles. The number of carbonyl (C=O) groups excluding carboxylic acids is 1. The molecule has 1 atom stereocenters. The van der Waals surface area contributed by atoms with Crippen LogP contribution in [-0.2, 0) is 4.79 Å². The summed E-state index contributed by atoms with van der Waals surface area (Å²) in [5.74, 6) is 0. The molecule has 0 aromatic heterocycles. The Morgan fingerprint density at radius 1 is 1.32 bits per heavy atom. The van der Waals surface area contributed by atoms with Gasteiger partial charge in [0.05, 0.1) is 21.1 Å². The molecule has 0 saturated carbocycles. The van der Waals surface area contributed by atoms with E-state index in [-0.39, 0.29) is 5.52 Å². The van der Waals surface area contributed by atoms with Gasteiger partial charge in [0.15, 0.2) is 0 Å². The van der Waals surface area contributed by atoms with E-state index >= 15 is 0 Å². The topological polar surface area (TPSA) is 63.3 Å². The quantitative estimate of drug-likeness (QED) is 0.296. The molecular formula is C14H32N2O2P+. The molecule has 0 rings (SSSR count). The Balaban J connectivity index is 0. The Bertz CT molecular complexity index is 240. The second-order valence-electron chi connectivity index (χ2n) is 5.55. The Kier molecular flexibility index (Phi) is 14.1. The monoisotopic (exact) mass is 291 g/mol. The predicted molar refractivity (Wildman–Crippen MR) is 85.3 cm³/mol. The number of hydrogen-bond donors (Lipinski definition) is 2. The van der Waals surface area contributed by atoms with Crippen molar-refractivity contribution in [3.63, 3.8) is 0 Å². The standard InChI is InChI=1S/C11H25NO2P.C3H7N/c1-5-6-7-8-9-15(14)11(13)10-12(2,3)4;1-2-3-4/h14H,5-10H2,1-4H3;2H,1,3-4H2/q+1;. The maximum absolute atomic E-state index is 11.6. The van der Waals surface area contributed by atoms with Crippen LogP contribution in [0.2, 0.25) is 0 Å². The number of nitrogens with zero attached hydrogens (tertiary/aromatic N) is 1. The van der Waals surface area contributed by atoms with E-state index in [9.17, 15) is 9.69 Å². The zero-order valence-corrected chi connectivity index (χ0v) is 14.0. The highest BCUT2D eigenvalue weighted by molar-refractivity contribution is 7.69. The Morgan fingerprint density at radius 2 is 1.84 bits per heavy atom. The van der Waals surface area contributed by atoms with Crippen LogP contribution < -0.4 is 5.73 Å². The smallest absolute Gasteiger partial charge is 0.234 e. The summed E-state index contributed by atoms with van der Waals surface area (Å²) in [6, 6.07) is 0. The lowest BCUT2D eigenvalue weighted by Gasteiger charge is -2.23. The average Bonchev–Trinajstić information content (AvgIpc) is 2.32. The van der Waals surface area contributed by atoms with E-state index in [4.69, 9.17) is 5.73 Å². The van der Waals surface area contributed by atoms with Gasteiger partial charge in [0.1, 0.15) is 14.7 Å². The fourth-order valence-corrected chi connectivity index (χ4v) is 2.66. The molecule has 0 radical (unpaired) electrons. The molecule has 114 valence electrons. The molecule has 0 aliphatic rings. The van der Waals surface area contributed by atoms with Gasteiger partial charge in [0, 0.05) is 6.54 Å². The lowest BCUT2D eigenvalue weighted by molar-refractivity contribution is -0.861. The number of quaternary nitrogens is 1. The minimum absolute atomic E-state index is 0.0361. The third-order valence-corrected chi connectivity index (χ3v) is 3.74. The van der Waals surface area contributed by atoms with Gasteiger partial charge < -0.3 is 15.1 Å². The van der Waals surface area contributed by atoms with E-state index in [2.05, 4.69) is 13.5 Å². The third kappa shape index (κ3) is 17.7. The molecule has 0 aliphatic heterocycles. The van der Waals surface area contributed by atoms with Crippen molar-refractivity contribution >= 4 is 13.7 Å². The fourth-order valence-electron chi connectivity index (χ4n) is 1.30. The first kappa shape index (κ1) is 21.0. The molecule has 0 aliphatic carbocycles. The van der Waals surface area contributed by atoms with E-state index < -0.39 is 8.15 Å². The van der Waals surface area contributed by atoms with Crippen LogP contribution in [-0.4, -0.2) is 55.3 Å². The van der Waals surface area contributed by atoms with Crippen LogP contribution in [0.3, 0.4) is 0 Å². The summed E-state index contributed by atoms with van der Waals surface area (Å²) < 4.78 is 0.604. The highest BCUT2D eigenvalue weighted by Gasteiger charge is 2.21. The molecule has 0 aromatic rings. The van der Waals surface area contributed by atoms with Crippen molar-refractivity contribution in [2.24, 2.45) is 5.73 Å². The van der Waals surface area contributed by atoms with Crippen LogP contribution in [0.4, 0.5) is 0 Å². The van der Waals surface area contributed by atoms with Crippen molar-refractivity contribution in [3.8, 4) is 0 Å². The fraction of sp³-hybridized carbons (Fsp3) is 0.786. The zero-order valence-electron chi connectivity index (χ0n) is 13.1. The average molecular weight is 291 g/mol. The van der Waals surface area contributed by atoms with Gasteiger partial charge in [-0.15, -0.1) is 6.58 Å². The number of likely N-dealkylation sites (N-methyl/N-ethyl adjacent to an activating group) is 1. The lowest BCUT2D eigenvalue weighted by Crippen LogP contribution is -2.39. The molecule has 0 amide bonds. The van der Waals surface area contributed by atoms with Crippen LogP contribution in [0.5, 0.6) is 0 Å². The van der Waals surface area contributed by atoms with Gasteiger partial charge in [-0.25, -0.2) is 0 Å². The predicted octanol–water partition coefficient (Wildman–Crippen LogP) is 2.32. The first-order valence-electron chi connectivity index (χ1n) is 6.89. The molecule has 5 heteroatoms. The Hall–Kier alpha value is -0.280. The highest BCUT2D eigenvalue weighted by Crippen LogP contribution is 2.32. The molecule has 0 bridgehead atoms. The molecule has 3 N–H and O–H groups in total. The Morgan fingerprint density at radius 3 is 2.21 bits per heavy atom. The molecule has 0 aromatic carbocycles. The Labute approximate surface area is 120 Å². The summed E-state index contributed by atoms with van der Waals surface area (Å²) in [6.07, 6.45) is 6.85. The van der Waals surface area contributed by atoms with Crippen LogP contribution in [0.25, 0.3) is 0 Å². The van der Waals surface area contributed by atoms with Crippen molar-refractivity contribution in [2.75, 3.05) is 40.4 Å². The lowest BCUT2D eigenvalue weighted by atomic mass is 10.2. The first-order chi connectivity index (χ1) is 8.78. The number of carbonyl (C=O) groups is 1. The third-order valence-electron chi connectivity index (χ3n) is 2.29. The number of hydrogen-bond acceptors (Lipinski definition) is 3. The van der Waals surface area contributed by atoms with Gasteiger partial charge in [-0.1, -0.05) is 32.3 Å². The van der Waals surface area contributed by atoms with E-state index in [0.29, 0.717) is 23.7 Å². The van der Waals surface area contributed by atoms with Crippen LogP contribution >= 0.6 is 8.15 Å². The summed E-state index contributed by atoms with van der Waals surface area (Å²) in [4.78, 5) is 21.3. The van der Waals surface area contributed by atoms with Crippen molar-refractivity contribution < 1.29 is 14.2 Å². The minimum Gasteiger partial charge on any atom is -0.366 e. The van der Waals surface area contributed by atoms with Gasteiger partial charge in [0.25, 0.3) is 0 Å². The molecule has 4 nitrogen and oxygen atoms in total. The summed E-state index contributed by atoms with van der Waals surface area (Å²) in [5.41, 5.74) is 4.95. The van der Waals surface area contributed by atoms with Crippen LogP contribution in [0.1, 0.15) is 32.6 Å². The van der Waals surface area contributed by atoms with Gasteiger partial charge in [-0.3, -0.25) is 4.79 Å². The van der Waals surface area contributed by atoms with Gasteiger partial charge in [-0.2, -0.15) is 0 Å². The second kappa shape index (κ2) is 12.7. The number of unbranched alkanes of at least 4 members (excludes halogenated alkanes) is 3. The van der Waals surface area contributed by atoms with Crippen molar-refractivity contribution in [1.29, 1.82) is 0 Å². The number of rotatable bonds is 9.